The van der Waals surface area contributed by atoms with Crippen LogP contribution in [0.1, 0.15) is 6.85 Å². The molecule has 4 heterocycles. The highest BCUT2D eigenvalue weighted by Crippen LogP contribution is 2.40. The maximum Gasteiger partial charge on any atom is 0.164 e. The first kappa shape index (κ1) is 23.7. The van der Waals surface area contributed by atoms with Gasteiger partial charge in [-0.1, -0.05) is 103 Å². The van der Waals surface area contributed by atoms with E-state index in [4.69, 9.17) is 26.2 Å². The Morgan fingerprint density at radius 1 is 0.510 bits per heavy atom. The molecule has 0 bridgehead atoms. The first-order valence-electron chi connectivity index (χ1n) is 19.0. The molecule has 238 valence electrons. The van der Waals surface area contributed by atoms with Crippen molar-refractivity contribution in [3.63, 3.8) is 0 Å². The first-order chi connectivity index (χ1) is 27.3. The van der Waals surface area contributed by atoms with Gasteiger partial charge in [-0.25, -0.2) is 15.0 Å². The van der Waals surface area contributed by atoms with Crippen molar-refractivity contribution in [2.45, 2.75) is 0 Å². The molecule has 0 N–H and O–H groups in total. The van der Waals surface area contributed by atoms with Crippen LogP contribution < -0.4 is 0 Å². The SMILES string of the molecule is [2H]c1c([2H])c([2H])c(-c2nc(-c3ccc4c(c3)oc3ccc(-n5c6ccccc6c6ccccc65)cc34)nc(-c3cccc4sc5ccccc5c34)n2)c([2H])c1[2H]. The lowest BCUT2D eigenvalue weighted by atomic mass is 10.1. The zero-order valence-corrected chi connectivity index (χ0v) is 27.5. The third-order valence-corrected chi connectivity index (χ3v) is 10.7. The highest BCUT2D eigenvalue weighted by atomic mass is 32.1. The third kappa shape index (κ3) is 4.37. The lowest BCUT2D eigenvalue weighted by Gasteiger charge is -2.09. The average molecular weight is 676 g/mol. The monoisotopic (exact) mass is 675 g/mol. The molecule has 0 spiro atoms. The number of hydrogen-bond acceptors (Lipinski definition) is 5. The molecule has 0 fully saturated rings. The van der Waals surface area contributed by atoms with Crippen molar-refractivity contribution in [1.29, 1.82) is 0 Å². The van der Waals surface area contributed by atoms with Crippen LogP contribution in [0, 0.1) is 0 Å². The van der Waals surface area contributed by atoms with Gasteiger partial charge in [0.15, 0.2) is 17.5 Å². The van der Waals surface area contributed by atoms with Gasteiger partial charge in [-0.2, -0.15) is 0 Å². The Kier molecular flexibility index (Phi) is 5.08. The number of rotatable bonds is 4. The van der Waals surface area contributed by atoms with E-state index in [1.807, 2.05) is 48.5 Å². The Hall–Kier alpha value is -6.63. The summed E-state index contributed by atoms with van der Waals surface area (Å²) in [6.45, 7) is 0. The van der Waals surface area contributed by atoms with Gasteiger partial charge < -0.3 is 8.98 Å². The predicted octanol–water partition coefficient (Wildman–Crippen LogP) is 12.2. The largest absolute Gasteiger partial charge is 0.456 e. The van der Waals surface area contributed by atoms with E-state index in [1.54, 1.807) is 11.3 Å². The number of nitrogens with zero attached hydrogens (tertiary/aromatic N) is 4. The van der Waals surface area contributed by atoms with Crippen LogP contribution in [-0.2, 0) is 0 Å². The van der Waals surface area contributed by atoms with Crippen molar-refractivity contribution in [2.24, 2.45) is 0 Å². The molecule has 51 heavy (non-hydrogen) atoms. The molecule has 0 saturated carbocycles. The second kappa shape index (κ2) is 10.9. The summed E-state index contributed by atoms with van der Waals surface area (Å²) >= 11 is 1.67. The zero-order valence-electron chi connectivity index (χ0n) is 31.7. The minimum absolute atomic E-state index is 0.0148. The molecule has 0 radical (unpaired) electrons. The van der Waals surface area contributed by atoms with E-state index in [0.29, 0.717) is 17.0 Å². The predicted molar refractivity (Wildman–Crippen MR) is 211 cm³/mol. The quantitative estimate of drug-likeness (QED) is 0.186. The normalized spacial score (nSPS) is 13.3. The molecule has 5 nitrogen and oxygen atoms in total. The van der Waals surface area contributed by atoms with Crippen LogP contribution in [0.25, 0.3) is 104 Å². The van der Waals surface area contributed by atoms with Crippen molar-refractivity contribution in [1.82, 2.24) is 19.5 Å². The maximum absolute atomic E-state index is 8.78. The van der Waals surface area contributed by atoms with Gasteiger partial charge in [-0.05, 0) is 54.6 Å². The highest BCUT2D eigenvalue weighted by molar-refractivity contribution is 7.25. The molecule has 7 aromatic carbocycles. The van der Waals surface area contributed by atoms with Crippen molar-refractivity contribution in [2.75, 3.05) is 0 Å². The van der Waals surface area contributed by atoms with Gasteiger partial charge in [-0.3, -0.25) is 0 Å². The van der Waals surface area contributed by atoms with Crippen LogP contribution >= 0.6 is 11.3 Å². The van der Waals surface area contributed by atoms with E-state index in [2.05, 4.69) is 83.4 Å². The third-order valence-electron chi connectivity index (χ3n) is 9.55. The van der Waals surface area contributed by atoms with Gasteiger partial charge >= 0.3 is 0 Å². The number of furan rings is 1. The summed E-state index contributed by atoms with van der Waals surface area (Å²) in [5.74, 6) is 0.590. The fraction of sp³-hybridized carbons (Fsp3) is 0. The van der Waals surface area contributed by atoms with Gasteiger partial charge in [-0.15, -0.1) is 11.3 Å². The van der Waals surface area contributed by atoms with E-state index in [0.717, 1.165) is 58.8 Å². The molecule has 11 rings (SSSR count). The number of aromatic nitrogens is 4. The number of fused-ring (bicyclic) bond motifs is 9. The molecule has 0 atom stereocenters. The average Bonchev–Trinajstić information content (AvgIpc) is 3.91. The fourth-order valence-corrected chi connectivity index (χ4v) is 8.44. The summed E-state index contributed by atoms with van der Waals surface area (Å²) in [6.07, 6.45) is 0. The van der Waals surface area contributed by atoms with E-state index in [-0.39, 0.29) is 29.3 Å². The van der Waals surface area contributed by atoms with Crippen LogP contribution in [0.2, 0.25) is 0 Å². The molecular formula is C45H26N4OS. The second-order valence-electron chi connectivity index (χ2n) is 12.4. The lowest BCUT2D eigenvalue weighted by molar-refractivity contribution is 0.669. The Morgan fingerprint density at radius 2 is 1.20 bits per heavy atom. The topological polar surface area (TPSA) is 56.7 Å². The minimum atomic E-state index is -0.482. The lowest BCUT2D eigenvalue weighted by Crippen LogP contribution is -2.00. The summed E-state index contributed by atoms with van der Waals surface area (Å²) in [7, 11) is 0. The summed E-state index contributed by atoms with van der Waals surface area (Å²) in [5.41, 5.74) is 5.90. The van der Waals surface area contributed by atoms with Gasteiger partial charge in [0.25, 0.3) is 0 Å². The van der Waals surface area contributed by atoms with Crippen LogP contribution in [0.5, 0.6) is 0 Å². The number of para-hydroxylation sites is 2. The Labute approximate surface area is 302 Å². The van der Waals surface area contributed by atoms with Crippen LogP contribution in [-0.4, -0.2) is 19.5 Å². The molecular weight excluding hydrogens is 645 g/mol. The number of benzene rings is 7. The molecule has 6 heteroatoms. The Morgan fingerprint density at radius 3 is 2.00 bits per heavy atom. The zero-order chi connectivity index (χ0) is 37.8. The molecule has 0 amide bonds. The van der Waals surface area contributed by atoms with Crippen molar-refractivity contribution >= 4 is 75.3 Å². The molecule has 0 aliphatic carbocycles. The van der Waals surface area contributed by atoms with Gasteiger partial charge in [0.1, 0.15) is 11.2 Å². The molecule has 0 aliphatic rings. The van der Waals surface area contributed by atoms with Crippen LogP contribution in [0.15, 0.2) is 162 Å². The Balaban J connectivity index is 1.12. The maximum atomic E-state index is 8.78. The fourth-order valence-electron chi connectivity index (χ4n) is 7.30. The van der Waals surface area contributed by atoms with Crippen molar-refractivity contribution in [3.8, 4) is 39.9 Å². The van der Waals surface area contributed by atoms with E-state index in [9.17, 15) is 0 Å². The van der Waals surface area contributed by atoms with Crippen molar-refractivity contribution in [3.05, 3.63) is 158 Å². The minimum Gasteiger partial charge on any atom is -0.456 e. The smallest absolute Gasteiger partial charge is 0.164 e. The van der Waals surface area contributed by atoms with Gasteiger partial charge in [0.2, 0.25) is 0 Å². The van der Waals surface area contributed by atoms with Crippen LogP contribution in [0.3, 0.4) is 0 Å². The summed E-state index contributed by atoms with van der Waals surface area (Å²) < 4.78 is 53.4. The Bertz CT molecular complexity index is 3380. The van der Waals surface area contributed by atoms with Gasteiger partial charge in [0.05, 0.1) is 17.9 Å². The molecule has 4 aromatic heterocycles. The van der Waals surface area contributed by atoms with E-state index in [1.165, 1.54) is 10.8 Å². The number of hydrogen-bond donors (Lipinski definition) is 0. The van der Waals surface area contributed by atoms with Crippen LogP contribution in [0.4, 0.5) is 0 Å². The molecule has 0 unspecified atom stereocenters. The van der Waals surface area contributed by atoms with Crippen molar-refractivity contribution < 1.29 is 11.3 Å². The molecule has 11 aromatic rings. The van der Waals surface area contributed by atoms with E-state index >= 15 is 0 Å². The number of thiophene rings is 1. The molecule has 0 aliphatic heterocycles. The molecule has 0 saturated heterocycles. The van der Waals surface area contributed by atoms with E-state index < -0.39 is 18.1 Å². The standard InChI is InChI=1S/C45H26N4OS/c1-2-11-27(12-3-1)43-46-44(48-45(47-43)34-16-10-20-41-42(34)33-15-6-9-19-40(33)51-41)28-21-23-32-35-26-29(22-24-38(35)50-39(32)25-28)49-36-17-7-4-13-30(36)31-14-5-8-18-37(31)49/h1-26H/i1D,2D,3D,11D,12D. The first-order valence-corrected chi connectivity index (χ1v) is 17.3. The van der Waals surface area contributed by atoms with Gasteiger partial charge in [0, 0.05) is 64.1 Å². The summed E-state index contributed by atoms with van der Waals surface area (Å²) in [5, 5.41) is 6.28. The summed E-state index contributed by atoms with van der Waals surface area (Å²) in [6, 6.07) is 40.8. The summed E-state index contributed by atoms with van der Waals surface area (Å²) in [4.78, 5) is 14.6. The highest BCUT2D eigenvalue weighted by Gasteiger charge is 2.19. The second-order valence-corrected chi connectivity index (χ2v) is 13.5.